The molecule has 0 radical (unpaired) electrons. The highest BCUT2D eigenvalue weighted by atomic mass is 35.5. The van der Waals surface area contributed by atoms with Crippen LogP contribution in [0.4, 0.5) is 10.1 Å². The molecule has 0 aliphatic rings. The van der Waals surface area contributed by atoms with E-state index in [1.165, 1.54) is 6.07 Å². The van der Waals surface area contributed by atoms with Crippen molar-refractivity contribution in [2.45, 2.75) is 26.3 Å². The first kappa shape index (κ1) is 14.7. The highest BCUT2D eigenvalue weighted by molar-refractivity contribution is 6.31. The van der Waals surface area contributed by atoms with Crippen molar-refractivity contribution in [3.63, 3.8) is 0 Å². The zero-order valence-corrected chi connectivity index (χ0v) is 13.0. The molecule has 0 fully saturated rings. The molecule has 1 aromatic carbocycles. The summed E-state index contributed by atoms with van der Waals surface area (Å²) in [4.78, 5) is 0. The monoisotopic (exact) mass is 319 g/mol. The molecule has 3 rings (SSSR count). The van der Waals surface area contributed by atoms with E-state index in [1.807, 2.05) is 6.07 Å². The van der Waals surface area contributed by atoms with Crippen LogP contribution in [0.2, 0.25) is 5.02 Å². The summed E-state index contributed by atoms with van der Waals surface area (Å²) in [7, 11) is 0. The van der Waals surface area contributed by atoms with Crippen LogP contribution in [0.5, 0.6) is 0 Å². The van der Waals surface area contributed by atoms with Gasteiger partial charge in [-0.05, 0) is 24.1 Å². The number of nitrogens with zero attached hydrogens (tertiary/aromatic N) is 4. The van der Waals surface area contributed by atoms with Crippen molar-refractivity contribution in [1.29, 1.82) is 0 Å². The van der Waals surface area contributed by atoms with Crippen LogP contribution < -0.4 is 5.32 Å². The molecule has 0 bridgehead atoms. The maximum absolute atomic E-state index is 13.8. The summed E-state index contributed by atoms with van der Waals surface area (Å²) >= 11 is 6.05. The topological polar surface area (TPSA) is 55.1 Å². The lowest BCUT2D eigenvalue weighted by Crippen LogP contribution is -2.07. The van der Waals surface area contributed by atoms with Crippen molar-refractivity contribution >= 4 is 22.9 Å². The van der Waals surface area contributed by atoms with Crippen LogP contribution in [0.3, 0.4) is 0 Å². The largest absolute Gasteiger partial charge is 0.378 e. The van der Waals surface area contributed by atoms with E-state index in [1.54, 1.807) is 23.0 Å². The van der Waals surface area contributed by atoms with Gasteiger partial charge in [-0.15, -0.1) is 10.2 Å². The number of rotatable bonds is 4. The Balaban J connectivity index is 1.95. The molecule has 0 saturated carbocycles. The van der Waals surface area contributed by atoms with Crippen molar-refractivity contribution in [3.05, 3.63) is 52.7 Å². The predicted molar refractivity (Wildman–Crippen MR) is 83.6 cm³/mol. The number of fused-ring (bicyclic) bond motifs is 1. The van der Waals surface area contributed by atoms with Gasteiger partial charge in [0.2, 0.25) is 5.65 Å². The van der Waals surface area contributed by atoms with Gasteiger partial charge in [-0.2, -0.15) is 9.61 Å². The summed E-state index contributed by atoms with van der Waals surface area (Å²) in [5.41, 5.74) is 2.66. The van der Waals surface area contributed by atoms with Gasteiger partial charge in [0, 0.05) is 17.1 Å². The van der Waals surface area contributed by atoms with Gasteiger partial charge in [0.15, 0.2) is 0 Å². The summed E-state index contributed by atoms with van der Waals surface area (Å²) in [5, 5.41) is 15.9. The minimum Gasteiger partial charge on any atom is -0.378 e. The average molecular weight is 320 g/mol. The van der Waals surface area contributed by atoms with Gasteiger partial charge in [0.1, 0.15) is 12.1 Å². The molecule has 1 N–H and O–H groups in total. The maximum atomic E-state index is 13.8. The molecule has 0 unspecified atom stereocenters. The number of hydrogen-bond donors (Lipinski definition) is 1. The lowest BCUT2D eigenvalue weighted by atomic mass is 10.1. The summed E-state index contributed by atoms with van der Waals surface area (Å²) in [6, 6.07) is 6.55. The van der Waals surface area contributed by atoms with Gasteiger partial charge >= 0.3 is 0 Å². The second-order valence-corrected chi connectivity index (χ2v) is 5.70. The van der Waals surface area contributed by atoms with E-state index in [4.69, 9.17) is 11.6 Å². The summed E-state index contributed by atoms with van der Waals surface area (Å²) in [6.07, 6.45) is 1.54. The van der Waals surface area contributed by atoms with Gasteiger partial charge < -0.3 is 5.32 Å². The van der Waals surface area contributed by atoms with Crippen molar-refractivity contribution in [3.8, 4) is 0 Å². The van der Waals surface area contributed by atoms with Gasteiger partial charge in [0.05, 0.1) is 11.4 Å². The third-order valence-corrected chi connectivity index (χ3v) is 3.75. The van der Waals surface area contributed by atoms with Crippen molar-refractivity contribution < 1.29 is 4.39 Å². The van der Waals surface area contributed by atoms with Crippen LogP contribution in [0, 0.1) is 5.82 Å². The summed E-state index contributed by atoms with van der Waals surface area (Å²) in [6.45, 7) is 4.36. The quantitative estimate of drug-likeness (QED) is 0.797. The first-order valence-electron chi connectivity index (χ1n) is 6.94. The van der Waals surface area contributed by atoms with Crippen LogP contribution in [-0.2, 0) is 6.54 Å². The number of halogens is 2. The number of nitrogens with one attached hydrogen (secondary N) is 1. The molecule has 0 spiro atoms. The van der Waals surface area contributed by atoms with E-state index in [-0.39, 0.29) is 18.3 Å². The molecule has 0 aliphatic heterocycles. The van der Waals surface area contributed by atoms with Crippen molar-refractivity contribution in [2.24, 2.45) is 0 Å². The Labute approximate surface area is 132 Å². The fourth-order valence-corrected chi connectivity index (χ4v) is 2.37. The van der Waals surface area contributed by atoms with Crippen LogP contribution >= 0.6 is 11.6 Å². The average Bonchev–Trinajstić information content (AvgIpc) is 2.94. The minimum atomic E-state index is -0.337. The number of aromatic nitrogens is 4. The molecular weight excluding hydrogens is 305 g/mol. The van der Waals surface area contributed by atoms with E-state index in [9.17, 15) is 4.39 Å². The minimum absolute atomic E-state index is 0.254. The van der Waals surface area contributed by atoms with Crippen LogP contribution in [0.1, 0.15) is 31.0 Å². The molecule has 0 atom stereocenters. The number of hydrogen-bond acceptors (Lipinski definition) is 4. The third-order valence-electron chi connectivity index (χ3n) is 3.40. The van der Waals surface area contributed by atoms with E-state index >= 15 is 0 Å². The highest BCUT2D eigenvalue weighted by Crippen LogP contribution is 2.23. The van der Waals surface area contributed by atoms with Gasteiger partial charge in [-0.25, -0.2) is 4.39 Å². The zero-order chi connectivity index (χ0) is 15.7. The smallest absolute Gasteiger partial charge is 0.200 e. The Morgan fingerprint density at radius 2 is 2.18 bits per heavy atom. The Bertz CT molecular complexity index is 795. The lowest BCUT2D eigenvalue weighted by molar-refractivity contribution is 0.613. The van der Waals surface area contributed by atoms with E-state index < -0.39 is 0 Å². The normalized spacial score (nSPS) is 11.3. The maximum Gasteiger partial charge on any atom is 0.200 e. The van der Waals surface area contributed by atoms with Gasteiger partial charge in [-0.3, -0.25) is 0 Å². The fraction of sp³-hybridized carbons (Fsp3) is 0.267. The number of benzene rings is 1. The Morgan fingerprint density at radius 1 is 1.36 bits per heavy atom. The standard InChI is InChI=1S/C15H15ClFN5/c1-9(2)13-6-14(15-20-19-8-22(15)21-13)18-7-10-11(16)4-3-5-12(10)17/h3-6,8-9,18H,7H2,1-2H3. The molecule has 2 heterocycles. The summed E-state index contributed by atoms with van der Waals surface area (Å²) in [5.74, 6) is -0.0833. The lowest BCUT2D eigenvalue weighted by Gasteiger charge is -2.12. The molecule has 0 amide bonds. The molecule has 22 heavy (non-hydrogen) atoms. The first-order valence-corrected chi connectivity index (χ1v) is 7.31. The van der Waals surface area contributed by atoms with E-state index in [0.717, 1.165) is 11.4 Å². The van der Waals surface area contributed by atoms with E-state index in [0.29, 0.717) is 16.2 Å². The van der Waals surface area contributed by atoms with Crippen LogP contribution in [0.25, 0.3) is 5.65 Å². The van der Waals surface area contributed by atoms with Crippen molar-refractivity contribution in [2.75, 3.05) is 5.32 Å². The SMILES string of the molecule is CC(C)c1cc(NCc2c(F)cccc2Cl)c2nncn2n1. The van der Waals surface area contributed by atoms with Crippen LogP contribution in [0.15, 0.2) is 30.6 Å². The first-order chi connectivity index (χ1) is 10.6. The molecule has 5 nitrogen and oxygen atoms in total. The Kier molecular flexibility index (Phi) is 3.94. The Morgan fingerprint density at radius 3 is 2.91 bits per heavy atom. The second-order valence-electron chi connectivity index (χ2n) is 5.29. The molecule has 3 aromatic rings. The van der Waals surface area contributed by atoms with Gasteiger partial charge in [0.25, 0.3) is 0 Å². The zero-order valence-electron chi connectivity index (χ0n) is 12.2. The molecule has 0 saturated heterocycles. The summed E-state index contributed by atoms with van der Waals surface area (Å²) < 4.78 is 15.5. The molecule has 2 aromatic heterocycles. The fourth-order valence-electron chi connectivity index (χ4n) is 2.14. The molecule has 114 valence electrons. The van der Waals surface area contributed by atoms with E-state index in [2.05, 4.69) is 34.5 Å². The predicted octanol–water partition coefficient (Wildman–Crippen LogP) is 3.65. The van der Waals surface area contributed by atoms with Gasteiger partial charge in [-0.1, -0.05) is 31.5 Å². The molecule has 0 aliphatic carbocycles. The highest BCUT2D eigenvalue weighted by Gasteiger charge is 2.12. The molecular formula is C15H15ClFN5. The second kappa shape index (κ2) is 5.88. The Hall–Kier alpha value is -2.21. The third kappa shape index (κ3) is 2.74. The number of anilines is 1. The van der Waals surface area contributed by atoms with Crippen molar-refractivity contribution in [1.82, 2.24) is 19.8 Å². The van der Waals surface area contributed by atoms with Crippen LogP contribution in [-0.4, -0.2) is 19.8 Å². The molecule has 7 heteroatoms.